The van der Waals surface area contributed by atoms with E-state index in [1.807, 2.05) is 5.01 Å². The van der Waals surface area contributed by atoms with Crippen molar-refractivity contribution in [3.8, 4) is 0 Å². The number of azo groups is 1. The van der Waals surface area contributed by atoms with Gasteiger partial charge in [0, 0.05) is 24.0 Å². The average Bonchev–Trinajstić information content (AvgIpc) is 3.06. The summed E-state index contributed by atoms with van der Waals surface area (Å²) in [5.74, 6) is 0.919. The van der Waals surface area contributed by atoms with Gasteiger partial charge in [0.2, 0.25) is 0 Å². The van der Waals surface area contributed by atoms with Gasteiger partial charge in [-0.1, -0.05) is 5.22 Å². The minimum Gasteiger partial charge on any atom is -0.258 e. The van der Waals surface area contributed by atoms with E-state index in [1.165, 1.54) is 12.1 Å². The second kappa shape index (κ2) is 3.63. The first-order chi connectivity index (χ1) is 10.2. The number of rotatable bonds is 2. The van der Waals surface area contributed by atoms with E-state index in [2.05, 4.69) is 20.6 Å². The molecule has 4 aliphatic rings. The maximum Gasteiger partial charge on any atom is 0.269 e. The monoisotopic (exact) mass is 284 g/mol. The zero-order chi connectivity index (χ0) is 14.1. The summed E-state index contributed by atoms with van der Waals surface area (Å²) in [6.07, 6.45) is 1.11. The minimum atomic E-state index is -0.394. The topological polar surface area (TPSA) is 95.8 Å². The Labute approximate surface area is 119 Å². The van der Waals surface area contributed by atoms with E-state index in [-0.39, 0.29) is 17.8 Å². The maximum atomic E-state index is 10.7. The molecule has 2 saturated carbocycles. The molecule has 2 heterocycles. The summed E-state index contributed by atoms with van der Waals surface area (Å²) in [6, 6.07) is 7.63. The van der Waals surface area contributed by atoms with Crippen LogP contribution in [-0.2, 0) is 0 Å². The number of nitro benzene ring substituents is 1. The van der Waals surface area contributed by atoms with Gasteiger partial charge in [-0.05, 0) is 18.6 Å². The summed E-state index contributed by atoms with van der Waals surface area (Å²) >= 11 is 0. The maximum absolute atomic E-state index is 10.7. The molecule has 0 radical (unpaired) electrons. The van der Waals surface area contributed by atoms with Gasteiger partial charge < -0.3 is 0 Å². The van der Waals surface area contributed by atoms with Crippen molar-refractivity contribution in [2.45, 2.75) is 30.6 Å². The van der Waals surface area contributed by atoms with Crippen LogP contribution in [0.4, 0.5) is 11.4 Å². The first-order valence-electron chi connectivity index (χ1n) is 7.08. The van der Waals surface area contributed by atoms with Crippen LogP contribution in [0, 0.1) is 22.0 Å². The second-order valence-corrected chi connectivity index (χ2v) is 6.08. The van der Waals surface area contributed by atoms with Gasteiger partial charge in [-0.15, -0.1) is 0 Å². The van der Waals surface area contributed by atoms with Crippen molar-refractivity contribution < 1.29 is 4.92 Å². The van der Waals surface area contributed by atoms with Crippen molar-refractivity contribution in [1.29, 1.82) is 0 Å². The molecule has 0 unspecified atom stereocenters. The lowest BCUT2D eigenvalue weighted by Crippen LogP contribution is -2.52. The molecule has 106 valence electrons. The zero-order valence-corrected chi connectivity index (χ0v) is 11.0. The van der Waals surface area contributed by atoms with Crippen molar-refractivity contribution in [3.63, 3.8) is 0 Å². The molecule has 0 N–H and O–H groups in total. The van der Waals surface area contributed by atoms with Gasteiger partial charge in [-0.2, -0.15) is 15.3 Å². The van der Waals surface area contributed by atoms with E-state index in [1.54, 1.807) is 12.1 Å². The molecule has 2 aliphatic carbocycles. The lowest BCUT2D eigenvalue weighted by Gasteiger charge is -2.38. The van der Waals surface area contributed by atoms with Crippen LogP contribution >= 0.6 is 0 Å². The van der Waals surface area contributed by atoms with Gasteiger partial charge in [-0.25, -0.2) is 5.01 Å². The number of non-ortho nitro benzene ring substituents is 1. The van der Waals surface area contributed by atoms with Crippen LogP contribution in [0.5, 0.6) is 0 Å². The molecular formula is C13H12N6O2. The second-order valence-electron chi connectivity index (χ2n) is 6.08. The Morgan fingerprint density at radius 2 is 1.76 bits per heavy atom. The number of anilines is 1. The molecular weight excluding hydrogens is 272 g/mol. The Hall–Kier alpha value is -2.38. The molecule has 0 spiro atoms. The van der Waals surface area contributed by atoms with E-state index in [9.17, 15) is 10.1 Å². The van der Waals surface area contributed by atoms with Crippen LogP contribution in [0.3, 0.4) is 0 Å². The van der Waals surface area contributed by atoms with Gasteiger partial charge in [0.15, 0.2) is 0 Å². The van der Waals surface area contributed by atoms with E-state index < -0.39 is 4.92 Å². The third-order valence-electron chi connectivity index (χ3n) is 5.22. The van der Waals surface area contributed by atoms with Gasteiger partial charge in [0.1, 0.15) is 18.1 Å². The van der Waals surface area contributed by atoms with Crippen molar-refractivity contribution >= 4 is 11.4 Å². The zero-order valence-electron chi connectivity index (χ0n) is 11.0. The van der Waals surface area contributed by atoms with Crippen LogP contribution in [0.15, 0.2) is 44.8 Å². The quantitative estimate of drug-likeness (QED) is 0.616. The Morgan fingerprint density at radius 3 is 2.43 bits per heavy atom. The molecule has 8 nitrogen and oxygen atoms in total. The van der Waals surface area contributed by atoms with E-state index in [0.717, 1.165) is 12.1 Å². The lowest BCUT2D eigenvalue weighted by atomic mass is 9.82. The van der Waals surface area contributed by atoms with E-state index in [0.29, 0.717) is 23.9 Å². The summed E-state index contributed by atoms with van der Waals surface area (Å²) in [4.78, 5) is 10.3. The van der Waals surface area contributed by atoms with Crippen LogP contribution in [0.1, 0.15) is 6.42 Å². The lowest BCUT2D eigenvalue weighted by molar-refractivity contribution is -0.384. The normalized spacial score (nSPS) is 41.0. The molecule has 8 heteroatoms. The minimum absolute atomic E-state index is 0.0900. The van der Waals surface area contributed by atoms with Gasteiger partial charge in [-0.3, -0.25) is 10.1 Å². The summed E-state index contributed by atoms with van der Waals surface area (Å²) in [5, 5.41) is 29.9. The number of fused-ring (bicyclic) bond motifs is 8. The summed E-state index contributed by atoms with van der Waals surface area (Å²) in [5.41, 5.74) is 0.949. The first kappa shape index (κ1) is 11.3. The van der Waals surface area contributed by atoms with Crippen molar-refractivity contribution in [2.24, 2.45) is 32.4 Å². The standard InChI is InChI=1S/C13H12N6O2/c20-19(21)7-3-1-6(2-4-7)18-13-9-5-8(12(13)16-17-18)10-11(9)15-14-10/h1-4,8-13H,5H2/t8-,9+,10+,11-,12-,13+/m0/s1. The van der Waals surface area contributed by atoms with E-state index >= 15 is 0 Å². The molecule has 0 amide bonds. The Balaban J connectivity index is 1.47. The smallest absolute Gasteiger partial charge is 0.258 e. The Kier molecular flexibility index (Phi) is 1.95. The number of benzene rings is 1. The summed E-state index contributed by atoms with van der Waals surface area (Å²) in [6.45, 7) is 0. The van der Waals surface area contributed by atoms with Crippen molar-refractivity contribution in [3.05, 3.63) is 34.4 Å². The third-order valence-corrected chi connectivity index (χ3v) is 5.22. The van der Waals surface area contributed by atoms with Crippen LogP contribution in [0.2, 0.25) is 0 Å². The highest BCUT2D eigenvalue weighted by molar-refractivity contribution is 5.52. The average molecular weight is 284 g/mol. The first-order valence-corrected chi connectivity index (χ1v) is 7.08. The van der Waals surface area contributed by atoms with E-state index in [4.69, 9.17) is 0 Å². The van der Waals surface area contributed by atoms with Gasteiger partial charge >= 0.3 is 0 Å². The summed E-state index contributed by atoms with van der Waals surface area (Å²) in [7, 11) is 0. The molecule has 0 saturated heterocycles. The van der Waals surface area contributed by atoms with Crippen molar-refractivity contribution in [2.75, 3.05) is 5.01 Å². The van der Waals surface area contributed by atoms with Crippen molar-refractivity contribution in [1.82, 2.24) is 0 Å². The molecule has 2 aliphatic heterocycles. The van der Waals surface area contributed by atoms with Crippen LogP contribution < -0.4 is 5.01 Å². The largest absolute Gasteiger partial charge is 0.269 e. The number of hydrogen-bond acceptors (Lipinski definition) is 7. The fourth-order valence-electron chi connectivity index (χ4n) is 4.29. The van der Waals surface area contributed by atoms with Crippen LogP contribution in [0.25, 0.3) is 0 Å². The molecule has 2 bridgehead atoms. The number of hydrogen-bond donors (Lipinski definition) is 0. The molecule has 0 aromatic heterocycles. The number of nitrogens with zero attached hydrogens (tertiary/aromatic N) is 6. The molecule has 1 aromatic carbocycles. The highest BCUT2D eigenvalue weighted by Gasteiger charge is 2.65. The fraction of sp³-hybridized carbons (Fsp3) is 0.538. The molecule has 1 aromatic rings. The predicted molar refractivity (Wildman–Crippen MR) is 72.0 cm³/mol. The predicted octanol–water partition coefficient (Wildman–Crippen LogP) is 2.37. The molecule has 2 fully saturated rings. The van der Waals surface area contributed by atoms with Crippen LogP contribution in [-0.4, -0.2) is 29.1 Å². The van der Waals surface area contributed by atoms with Gasteiger partial charge in [0.05, 0.1) is 16.7 Å². The highest BCUT2D eigenvalue weighted by atomic mass is 16.6. The third kappa shape index (κ3) is 1.29. The Bertz CT molecular complexity index is 686. The molecule has 21 heavy (non-hydrogen) atoms. The Morgan fingerprint density at radius 1 is 1.05 bits per heavy atom. The van der Waals surface area contributed by atoms with Gasteiger partial charge in [0.25, 0.3) is 5.69 Å². The number of nitro groups is 1. The summed E-state index contributed by atoms with van der Waals surface area (Å²) < 4.78 is 0. The highest BCUT2D eigenvalue weighted by Crippen LogP contribution is 2.56. The molecule has 5 rings (SSSR count). The fourth-order valence-corrected chi connectivity index (χ4v) is 4.29. The molecule has 6 atom stereocenters. The SMILES string of the molecule is O=[N+]([O-])c1ccc(N2N=N[C@H]3[C@H]4C[C@H]([C@@H]5N=N[C@H]45)[C@H]32)cc1.